The zero-order valence-corrected chi connectivity index (χ0v) is 4.62. The van der Waals surface area contributed by atoms with Crippen molar-refractivity contribution in [2.75, 3.05) is 0 Å². The van der Waals surface area contributed by atoms with Gasteiger partial charge in [-0.05, 0) is 12.8 Å². The molecule has 0 saturated heterocycles. The highest BCUT2D eigenvalue weighted by Gasteiger charge is 2.29. The van der Waals surface area contributed by atoms with Gasteiger partial charge in [0.1, 0.15) is 0 Å². The molecule has 1 saturated carbocycles. The van der Waals surface area contributed by atoms with E-state index in [2.05, 4.69) is 0 Å². The third-order valence-corrected chi connectivity index (χ3v) is 1.65. The van der Waals surface area contributed by atoms with Crippen LogP contribution < -0.4 is 5.73 Å². The third kappa shape index (κ3) is 0.844. The van der Waals surface area contributed by atoms with Crippen LogP contribution in [0, 0.1) is 0 Å². The first-order chi connectivity index (χ1) is 3.72. The SMILES string of the molecule is NC1[C@H](O)CC[C@H]1O. The maximum atomic E-state index is 8.88. The van der Waals surface area contributed by atoms with Gasteiger partial charge in [-0.1, -0.05) is 0 Å². The zero-order chi connectivity index (χ0) is 6.15. The Bertz CT molecular complexity index is 76.5. The van der Waals surface area contributed by atoms with Gasteiger partial charge in [0, 0.05) is 0 Å². The summed E-state index contributed by atoms with van der Waals surface area (Å²) in [5.41, 5.74) is 5.32. The lowest BCUT2D eigenvalue weighted by Crippen LogP contribution is -2.37. The van der Waals surface area contributed by atoms with Gasteiger partial charge in [0.2, 0.25) is 0 Å². The molecule has 48 valence electrons. The second-order valence-corrected chi connectivity index (χ2v) is 2.29. The van der Waals surface area contributed by atoms with Gasteiger partial charge in [-0.2, -0.15) is 0 Å². The maximum Gasteiger partial charge on any atom is 0.0717 e. The maximum absolute atomic E-state index is 8.88. The molecule has 4 N–H and O–H groups in total. The molecule has 0 aliphatic heterocycles. The van der Waals surface area contributed by atoms with Crippen LogP contribution in [0.25, 0.3) is 0 Å². The van der Waals surface area contributed by atoms with Crippen molar-refractivity contribution in [3.05, 3.63) is 0 Å². The summed E-state index contributed by atoms with van der Waals surface area (Å²) in [5.74, 6) is 0. The van der Waals surface area contributed by atoms with E-state index in [-0.39, 0.29) is 0 Å². The average molecular weight is 117 g/mol. The van der Waals surface area contributed by atoms with E-state index in [1.54, 1.807) is 0 Å². The van der Waals surface area contributed by atoms with Gasteiger partial charge in [-0.25, -0.2) is 0 Å². The van der Waals surface area contributed by atoms with Crippen LogP contribution in [0.2, 0.25) is 0 Å². The number of hydrogen-bond acceptors (Lipinski definition) is 3. The molecule has 2 atom stereocenters. The molecule has 1 fully saturated rings. The molecule has 1 aliphatic rings. The van der Waals surface area contributed by atoms with Crippen LogP contribution in [0.4, 0.5) is 0 Å². The molecule has 0 heterocycles. The van der Waals surface area contributed by atoms with E-state index in [4.69, 9.17) is 15.9 Å². The summed E-state index contributed by atoms with van der Waals surface area (Å²) in [5, 5.41) is 17.8. The van der Waals surface area contributed by atoms with Crippen molar-refractivity contribution in [1.29, 1.82) is 0 Å². The molecule has 0 aromatic heterocycles. The first-order valence-corrected chi connectivity index (χ1v) is 2.83. The van der Waals surface area contributed by atoms with Crippen molar-refractivity contribution in [3.8, 4) is 0 Å². The topological polar surface area (TPSA) is 66.5 Å². The van der Waals surface area contributed by atoms with Gasteiger partial charge in [0.25, 0.3) is 0 Å². The summed E-state index contributed by atoms with van der Waals surface area (Å²) >= 11 is 0. The smallest absolute Gasteiger partial charge is 0.0717 e. The molecule has 1 aliphatic carbocycles. The summed E-state index contributed by atoms with van der Waals surface area (Å²) in [6.07, 6.45) is 0.319. The summed E-state index contributed by atoms with van der Waals surface area (Å²) in [6, 6.07) is -0.407. The Morgan fingerprint density at radius 2 is 1.50 bits per heavy atom. The van der Waals surface area contributed by atoms with E-state index in [0.29, 0.717) is 12.8 Å². The summed E-state index contributed by atoms with van der Waals surface area (Å²) in [6.45, 7) is 0. The lowest BCUT2D eigenvalue weighted by Gasteiger charge is -2.10. The van der Waals surface area contributed by atoms with Gasteiger partial charge in [0.05, 0.1) is 18.2 Å². The molecule has 0 spiro atoms. The zero-order valence-electron chi connectivity index (χ0n) is 4.62. The number of rotatable bonds is 0. The van der Waals surface area contributed by atoms with Crippen LogP contribution in [-0.4, -0.2) is 28.5 Å². The van der Waals surface area contributed by atoms with Gasteiger partial charge < -0.3 is 15.9 Å². The number of aliphatic hydroxyl groups excluding tert-OH is 2. The fourth-order valence-corrected chi connectivity index (χ4v) is 0.983. The molecule has 0 aromatic rings. The summed E-state index contributed by atoms with van der Waals surface area (Å²) in [7, 11) is 0. The molecule has 0 bridgehead atoms. The molecule has 1 rings (SSSR count). The Hall–Kier alpha value is -0.120. The monoisotopic (exact) mass is 117 g/mol. The second kappa shape index (κ2) is 2.01. The van der Waals surface area contributed by atoms with Crippen LogP contribution in [-0.2, 0) is 0 Å². The van der Waals surface area contributed by atoms with Crippen LogP contribution in [0.3, 0.4) is 0 Å². The Morgan fingerprint density at radius 1 is 1.12 bits per heavy atom. The standard InChI is InChI=1S/C5H11NO2/c6-5-3(7)1-2-4(5)8/h3-5,7-8H,1-2,6H2/t3-,4-/m1/s1. The van der Waals surface area contributed by atoms with Crippen molar-refractivity contribution >= 4 is 0 Å². The van der Waals surface area contributed by atoms with Crippen LogP contribution in [0.15, 0.2) is 0 Å². The number of nitrogens with two attached hydrogens (primary N) is 1. The van der Waals surface area contributed by atoms with Crippen LogP contribution in [0.5, 0.6) is 0 Å². The molecule has 8 heavy (non-hydrogen) atoms. The minimum atomic E-state index is -0.481. The Morgan fingerprint density at radius 3 is 1.62 bits per heavy atom. The van der Waals surface area contributed by atoms with Gasteiger partial charge in [-0.15, -0.1) is 0 Å². The average Bonchev–Trinajstić information content (AvgIpc) is 1.98. The molecule has 3 heteroatoms. The normalized spacial score (nSPS) is 40.9. The van der Waals surface area contributed by atoms with Gasteiger partial charge in [0.15, 0.2) is 0 Å². The van der Waals surface area contributed by atoms with Gasteiger partial charge >= 0.3 is 0 Å². The largest absolute Gasteiger partial charge is 0.391 e. The van der Waals surface area contributed by atoms with Crippen molar-refractivity contribution in [2.24, 2.45) is 5.73 Å². The predicted molar refractivity (Wildman–Crippen MR) is 29.2 cm³/mol. The van der Waals surface area contributed by atoms with E-state index in [0.717, 1.165) is 0 Å². The molecule has 0 radical (unpaired) electrons. The molecular weight excluding hydrogens is 106 g/mol. The Kier molecular flexibility index (Phi) is 1.51. The Balaban J connectivity index is 2.44. The highest BCUT2D eigenvalue weighted by Crippen LogP contribution is 2.16. The molecular formula is C5H11NO2. The molecule has 0 aromatic carbocycles. The number of hydrogen-bond donors (Lipinski definition) is 3. The van der Waals surface area contributed by atoms with E-state index >= 15 is 0 Å². The first-order valence-electron chi connectivity index (χ1n) is 2.83. The fraction of sp³-hybridized carbons (Fsp3) is 1.00. The Labute approximate surface area is 48.1 Å². The molecule has 0 amide bonds. The van der Waals surface area contributed by atoms with Crippen LogP contribution >= 0.6 is 0 Å². The van der Waals surface area contributed by atoms with Crippen LogP contribution in [0.1, 0.15) is 12.8 Å². The van der Waals surface area contributed by atoms with Gasteiger partial charge in [-0.3, -0.25) is 0 Å². The lowest BCUT2D eigenvalue weighted by atomic mass is 10.2. The number of aliphatic hydroxyl groups is 2. The predicted octanol–water partition coefficient (Wildman–Crippen LogP) is -1.17. The van der Waals surface area contributed by atoms with E-state index in [1.807, 2.05) is 0 Å². The van der Waals surface area contributed by atoms with Crippen molar-refractivity contribution in [1.82, 2.24) is 0 Å². The summed E-state index contributed by atoms with van der Waals surface area (Å²) < 4.78 is 0. The highest BCUT2D eigenvalue weighted by atomic mass is 16.3. The quantitative estimate of drug-likeness (QED) is 0.374. The summed E-state index contributed by atoms with van der Waals surface area (Å²) in [4.78, 5) is 0. The first kappa shape index (κ1) is 6.01. The minimum absolute atomic E-state index is 0.407. The van der Waals surface area contributed by atoms with Crippen molar-refractivity contribution in [3.63, 3.8) is 0 Å². The lowest BCUT2D eigenvalue weighted by molar-refractivity contribution is 0.110. The van der Waals surface area contributed by atoms with E-state index in [1.165, 1.54) is 0 Å². The highest BCUT2D eigenvalue weighted by molar-refractivity contribution is 4.86. The fourth-order valence-electron chi connectivity index (χ4n) is 0.983. The molecule has 3 nitrogen and oxygen atoms in total. The van der Waals surface area contributed by atoms with Crippen molar-refractivity contribution in [2.45, 2.75) is 31.1 Å². The third-order valence-electron chi connectivity index (χ3n) is 1.65. The van der Waals surface area contributed by atoms with Crippen molar-refractivity contribution < 1.29 is 10.2 Å². The second-order valence-electron chi connectivity index (χ2n) is 2.29. The van der Waals surface area contributed by atoms with E-state index in [9.17, 15) is 0 Å². The van der Waals surface area contributed by atoms with E-state index < -0.39 is 18.2 Å². The molecule has 0 unspecified atom stereocenters. The minimum Gasteiger partial charge on any atom is -0.391 e.